The highest BCUT2D eigenvalue weighted by Crippen LogP contribution is 2.25. The van der Waals surface area contributed by atoms with Crippen molar-refractivity contribution in [1.29, 1.82) is 0 Å². The first kappa shape index (κ1) is 7.30. The summed E-state index contributed by atoms with van der Waals surface area (Å²) < 4.78 is 4.80. The van der Waals surface area contributed by atoms with Crippen LogP contribution < -0.4 is 5.76 Å². The molecule has 0 bridgehead atoms. The van der Waals surface area contributed by atoms with Crippen molar-refractivity contribution in [2.24, 2.45) is 0 Å². The molecule has 0 fully saturated rings. The van der Waals surface area contributed by atoms with Gasteiger partial charge in [-0.25, -0.2) is 9.89 Å². The van der Waals surface area contributed by atoms with Gasteiger partial charge in [-0.15, -0.1) is 16.4 Å². The molecule has 12 heavy (non-hydrogen) atoms. The molecule has 0 saturated carbocycles. The summed E-state index contributed by atoms with van der Waals surface area (Å²) in [4.78, 5) is 11.5. The molecule has 0 saturated heterocycles. The van der Waals surface area contributed by atoms with E-state index in [2.05, 4.69) is 10.2 Å². The first-order chi connectivity index (χ1) is 5.77. The SMILES string of the molecule is Cc1ccsc1-c1n[nH]c(=O)o1. The average molecular weight is 182 g/mol. The fraction of sp³-hybridized carbons (Fsp3) is 0.143. The summed E-state index contributed by atoms with van der Waals surface area (Å²) in [6.07, 6.45) is 0. The monoisotopic (exact) mass is 182 g/mol. The van der Waals surface area contributed by atoms with E-state index in [4.69, 9.17) is 4.42 Å². The Balaban J connectivity index is 2.57. The molecule has 0 atom stereocenters. The second kappa shape index (κ2) is 2.60. The van der Waals surface area contributed by atoms with Crippen LogP contribution in [0.5, 0.6) is 0 Å². The molecule has 0 unspecified atom stereocenters. The Labute approximate surface area is 71.9 Å². The maximum Gasteiger partial charge on any atom is 0.434 e. The molecule has 0 amide bonds. The number of hydrogen-bond donors (Lipinski definition) is 1. The number of aryl methyl sites for hydroxylation is 1. The van der Waals surface area contributed by atoms with Crippen LogP contribution in [0.4, 0.5) is 0 Å². The van der Waals surface area contributed by atoms with Gasteiger partial charge in [-0.05, 0) is 23.9 Å². The fourth-order valence-corrected chi connectivity index (χ4v) is 1.77. The maximum atomic E-state index is 10.6. The number of nitrogens with zero attached hydrogens (tertiary/aromatic N) is 1. The van der Waals surface area contributed by atoms with E-state index >= 15 is 0 Å². The number of aromatic nitrogens is 2. The predicted molar refractivity (Wildman–Crippen MR) is 45.2 cm³/mol. The Morgan fingerprint density at radius 2 is 2.50 bits per heavy atom. The van der Waals surface area contributed by atoms with Gasteiger partial charge < -0.3 is 4.42 Å². The third-order valence-electron chi connectivity index (χ3n) is 1.49. The van der Waals surface area contributed by atoms with Crippen molar-refractivity contribution in [3.05, 3.63) is 27.6 Å². The molecule has 2 rings (SSSR count). The molecule has 0 radical (unpaired) electrons. The lowest BCUT2D eigenvalue weighted by Crippen LogP contribution is -1.93. The van der Waals surface area contributed by atoms with E-state index in [1.165, 1.54) is 11.3 Å². The summed E-state index contributed by atoms with van der Waals surface area (Å²) in [6, 6.07) is 1.95. The highest BCUT2D eigenvalue weighted by Gasteiger charge is 2.08. The third-order valence-corrected chi connectivity index (χ3v) is 2.50. The van der Waals surface area contributed by atoms with Crippen LogP contribution in [0.2, 0.25) is 0 Å². The van der Waals surface area contributed by atoms with Crippen molar-refractivity contribution in [2.45, 2.75) is 6.92 Å². The molecule has 0 aliphatic carbocycles. The van der Waals surface area contributed by atoms with E-state index in [9.17, 15) is 4.79 Å². The molecule has 2 aromatic heterocycles. The molecular formula is C7H6N2O2S. The van der Waals surface area contributed by atoms with Crippen molar-refractivity contribution < 1.29 is 4.42 Å². The van der Waals surface area contributed by atoms with Crippen LogP contribution in [-0.2, 0) is 0 Å². The molecule has 1 N–H and O–H groups in total. The van der Waals surface area contributed by atoms with Crippen molar-refractivity contribution in [1.82, 2.24) is 10.2 Å². The quantitative estimate of drug-likeness (QED) is 0.725. The predicted octanol–water partition coefficient (Wildman–Crippen LogP) is 1.40. The number of nitrogens with one attached hydrogen (secondary N) is 1. The summed E-state index contributed by atoms with van der Waals surface area (Å²) in [7, 11) is 0. The van der Waals surface area contributed by atoms with E-state index in [1.807, 2.05) is 18.4 Å². The van der Waals surface area contributed by atoms with Gasteiger partial charge in [0.15, 0.2) is 0 Å². The number of rotatable bonds is 1. The van der Waals surface area contributed by atoms with Gasteiger partial charge in [-0.3, -0.25) is 0 Å². The first-order valence-corrected chi connectivity index (χ1v) is 4.25. The van der Waals surface area contributed by atoms with Gasteiger partial charge in [0, 0.05) is 0 Å². The topological polar surface area (TPSA) is 58.9 Å². The Morgan fingerprint density at radius 3 is 3.00 bits per heavy atom. The minimum atomic E-state index is -0.516. The van der Waals surface area contributed by atoms with Crippen LogP contribution in [0.15, 0.2) is 20.7 Å². The van der Waals surface area contributed by atoms with Gasteiger partial charge in [0.25, 0.3) is 5.89 Å². The van der Waals surface area contributed by atoms with Crippen LogP contribution in [0, 0.1) is 6.92 Å². The molecular weight excluding hydrogens is 176 g/mol. The average Bonchev–Trinajstić information content (AvgIpc) is 2.58. The van der Waals surface area contributed by atoms with Crippen molar-refractivity contribution in [2.75, 3.05) is 0 Å². The summed E-state index contributed by atoms with van der Waals surface area (Å²) in [5.74, 6) is -0.148. The van der Waals surface area contributed by atoms with Crippen molar-refractivity contribution in [3.8, 4) is 10.8 Å². The standard InChI is InChI=1S/C7H6N2O2S/c1-4-2-3-12-5(4)6-8-9-7(10)11-6/h2-3H,1H3,(H,9,10). The summed E-state index contributed by atoms with van der Waals surface area (Å²) in [5.41, 5.74) is 1.07. The number of hydrogen-bond acceptors (Lipinski definition) is 4. The minimum Gasteiger partial charge on any atom is -0.387 e. The van der Waals surface area contributed by atoms with Crippen LogP contribution in [0.25, 0.3) is 10.8 Å². The van der Waals surface area contributed by atoms with E-state index in [0.717, 1.165) is 10.4 Å². The molecule has 0 aliphatic rings. The van der Waals surface area contributed by atoms with E-state index in [1.54, 1.807) is 0 Å². The van der Waals surface area contributed by atoms with Gasteiger partial charge >= 0.3 is 5.76 Å². The zero-order valence-corrected chi connectivity index (χ0v) is 7.14. The number of thiophene rings is 1. The first-order valence-electron chi connectivity index (χ1n) is 3.37. The third kappa shape index (κ3) is 1.08. The smallest absolute Gasteiger partial charge is 0.387 e. The van der Waals surface area contributed by atoms with Crippen molar-refractivity contribution >= 4 is 11.3 Å². The van der Waals surface area contributed by atoms with E-state index in [-0.39, 0.29) is 0 Å². The lowest BCUT2D eigenvalue weighted by Gasteiger charge is -1.87. The summed E-state index contributed by atoms with van der Waals surface area (Å²) >= 11 is 1.50. The van der Waals surface area contributed by atoms with E-state index in [0.29, 0.717) is 5.89 Å². The second-order valence-corrected chi connectivity index (χ2v) is 3.27. The summed E-state index contributed by atoms with van der Waals surface area (Å²) in [5, 5.41) is 7.87. The number of aromatic amines is 1. The van der Waals surface area contributed by atoms with Crippen LogP contribution in [0.1, 0.15) is 5.56 Å². The minimum absolute atomic E-state index is 0.368. The van der Waals surface area contributed by atoms with Crippen LogP contribution in [-0.4, -0.2) is 10.2 Å². The van der Waals surface area contributed by atoms with Gasteiger partial charge in [0.2, 0.25) is 0 Å². The fourth-order valence-electron chi connectivity index (χ4n) is 0.919. The zero-order chi connectivity index (χ0) is 8.55. The molecule has 0 spiro atoms. The van der Waals surface area contributed by atoms with Crippen LogP contribution >= 0.6 is 11.3 Å². The van der Waals surface area contributed by atoms with Gasteiger partial charge in [-0.1, -0.05) is 0 Å². The maximum absolute atomic E-state index is 10.6. The van der Waals surface area contributed by atoms with Crippen molar-refractivity contribution in [3.63, 3.8) is 0 Å². The zero-order valence-electron chi connectivity index (χ0n) is 6.33. The van der Waals surface area contributed by atoms with Gasteiger partial charge in [0.1, 0.15) is 0 Å². The van der Waals surface area contributed by atoms with Gasteiger partial charge in [0.05, 0.1) is 4.88 Å². The normalized spacial score (nSPS) is 10.4. The van der Waals surface area contributed by atoms with E-state index < -0.39 is 5.76 Å². The molecule has 2 heterocycles. The summed E-state index contributed by atoms with van der Waals surface area (Å²) in [6.45, 7) is 1.94. The molecule has 0 aliphatic heterocycles. The highest BCUT2D eigenvalue weighted by atomic mass is 32.1. The molecule has 4 nitrogen and oxygen atoms in total. The largest absolute Gasteiger partial charge is 0.434 e. The Bertz CT molecular complexity index is 440. The molecule has 5 heteroatoms. The Kier molecular flexibility index (Phi) is 1.58. The molecule has 0 aromatic carbocycles. The second-order valence-electron chi connectivity index (χ2n) is 2.35. The molecule has 62 valence electrons. The highest BCUT2D eigenvalue weighted by molar-refractivity contribution is 7.13. The number of H-pyrrole nitrogens is 1. The Morgan fingerprint density at radius 1 is 1.67 bits per heavy atom. The molecule has 2 aromatic rings. The lowest BCUT2D eigenvalue weighted by atomic mass is 10.3. The van der Waals surface area contributed by atoms with Crippen LogP contribution in [0.3, 0.4) is 0 Å². The van der Waals surface area contributed by atoms with Gasteiger partial charge in [-0.2, -0.15) is 0 Å². The lowest BCUT2D eigenvalue weighted by molar-refractivity contribution is 0.528. The Hall–Kier alpha value is -1.36.